The number of nitrogens with one attached hydrogen (secondary N) is 2. The first kappa shape index (κ1) is 22.1. The van der Waals surface area contributed by atoms with E-state index in [-0.39, 0.29) is 0 Å². The first-order chi connectivity index (χ1) is 14.1. The van der Waals surface area contributed by atoms with Crippen molar-refractivity contribution >= 4 is 5.96 Å². The number of nitrogens with zero attached hydrogens (tertiary/aromatic N) is 5. The van der Waals surface area contributed by atoms with Crippen LogP contribution in [0.1, 0.15) is 76.9 Å². The summed E-state index contributed by atoms with van der Waals surface area (Å²) in [5.74, 6) is 3.69. The summed E-state index contributed by atoms with van der Waals surface area (Å²) in [6, 6.07) is 1.14. The molecule has 1 aliphatic heterocycles. The lowest BCUT2D eigenvalue weighted by Gasteiger charge is -2.31. The highest BCUT2D eigenvalue weighted by Crippen LogP contribution is 2.27. The van der Waals surface area contributed by atoms with E-state index in [2.05, 4.69) is 39.6 Å². The molecular formula is C22H41N7. The second-order valence-electron chi connectivity index (χ2n) is 8.84. The second-order valence-corrected chi connectivity index (χ2v) is 8.84. The molecule has 1 aromatic heterocycles. The number of hydrogen-bond acceptors (Lipinski definition) is 4. The van der Waals surface area contributed by atoms with E-state index < -0.39 is 0 Å². The molecule has 0 spiro atoms. The molecule has 164 valence electrons. The van der Waals surface area contributed by atoms with Crippen LogP contribution in [-0.2, 0) is 13.6 Å². The van der Waals surface area contributed by atoms with E-state index >= 15 is 0 Å². The Hall–Kier alpha value is -1.63. The topological polar surface area (TPSA) is 70.4 Å². The van der Waals surface area contributed by atoms with Gasteiger partial charge >= 0.3 is 0 Å². The first-order valence-electron chi connectivity index (χ1n) is 11.7. The van der Waals surface area contributed by atoms with Crippen LogP contribution in [0.25, 0.3) is 0 Å². The van der Waals surface area contributed by atoms with Crippen LogP contribution in [0.2, 0.25) is 0 Å². The van der Waals surface area contributed by atoms with Gasteiger partial charge in [-0.15, -0.1) is 10.2 Å². The van der Waals surface area contributed by atoms with Gasteiger partial charge in [0.05, 0.1) is 0 Å². The Bertz CT molecular complexity index is 646. The SMILES string of the molecule is CCCC1CCC(NC(=NCc2nnc(C)n2C)NCC2CCCN2CC)CC1. The van der Waals surface area contributed by atoms with Crippen LogP contribution >= 0.6 is 0 Å². The van der Waals surface area contributed by atoms with Crippen molar-refractivity contribution in [2.45, 2.75) is 90.8 Å². The first-order valence-corrected chi connectivity index (χ1v) is 11.7. The molecular weight excluding hydrogens is 362 g/mol. The molecule has 1 saturated heterocycles. The average molecular weight is 404 g/mol. The Kier molecular flexibility index (Phi) is 8.33. The monoisotopic (exact) mass is 403 g/mol. The smallest absolute Gasteiger partial charge is 0.191 e. The predicted molar refractivity (Wildman–Crippen MR) is 119 cm³/mol. The van der Waals surface area contributed by atoms with E-state index in [9.17, 15) is 0 Å². The fraction of sp³-hybridized carbons (Fsp3) is 0.864. The molecule has 1 aromatic rings. The molecule has 7 nitrogen and oxygen atoms in total. The molecule has 7 heteroatoms. The molecule has 0 aromatic carbocycles. The molecule has 1 unspecified atom stereocenters. The summed E-state index contributed by atoms with van der Waals surface area (Å²) in [6.07, 6.45) is 10.5. The molecule has 0 amide bonds. The fourth-order valence-electron chi connectivity index (χ4n) is 4.85. The zero-order valence-electron chi connectivity index (χ0n) is 19.0. The minimum absolute atomic E-state index is 0.529. The van der Waals surface area contributed by atoms with Gasteiger partial charge < -0.3 is 15.2 Å². The highest BCUT2D eigenvalue weighted by atomic mass is 15.3. The van der Waals surface area contributed by atoms with Gasteiger partial charge in [0, 0.05) is 25.7 Å². The van der Waals surface area contributed by atoms with Crippen molar-refractivity contribution in [3.63, 3.8) is 0 Å². The Balaban J connectivity index is 1.59. The fourth-order valence-corrected chi connectivity index (χ4v) is 4.85. The Labute approximate surface area is 176 Å². The van der Waals surface area contributed by atoms with Crippen molar-refractivity contribution in [1.82, 2.24) is 30.3 Å². The van der Waals surface area contributed by atoms with E-state index in [1.165, 1.54) is 57.9 Å². The Morgan fingerprint density at radius 2 is 1.93 bits per heavy atom. The molecule has 1 atom stereocenters. The number of likely N-dealkylation sites (tertiary alicyclic amines) is 1. The van der Waals surface area contributed by atoms with Crippen LogP contribution in [-0.4, -0.2) is 57.3 Å². The van der Waals surface area contributed by atoms with Crippen molar-refractivity contribution < 1.29 is 0 Å². The van der Waals surface area contributed by atoms with E-state index in [1.807, 2.05) is 18.5 Å². The summed E-state index contributed by atoms with van der Waals surface area (Å²) in [5, 5.41) is 15.8. The third-order valence-corrected chi connectivity index (χ3v) is 6.86. The molecule has 2 N–H and O–H groups in total. The van der Waals surface area contributed by atoms with E-state index in [4.69, 9.17) is 4.99 Å². The molecule has 2 fully saturated rings. The molecule has 1 saturated carbocycles. The number of aromatic nitrogens is 3. The lowest BCUT2D eigenvalue weighted by Crippen LogP contribution is -2.48. The summed E-state index contributed by atoms with van der Waals surface area (Å²) in [5.41, 5.74) is 0. The summed E-state index contributed by atoms with van der Waals surface area (Å²) >= 11 is 0. The maximum atomic E-state index is 4.88. The molecule has 0 bridgehead atoms. The van der Waals surface area contributed by atoms with Crippen molar-refractivity contribution in [3.05, 3.63) is 11.6 Å². The quantitative estimate of drug-likeness (QED) is 0.516. The van der Waals surface area contributed by atoms with Gasteiger partial charge in [0.2, 0.25) is 0 Å². The van der Waals surface area contributed by atoms with Crippen LogP contribution < -0.4 is 10.6 Å². The van der Waals surface area contributed by atoms with Gasteiger partial charge in [0.1, 0.15) is 12.4 Å². The third kappa shape index (κ3) is 6.17. The van der Waals surface area contributed by atoms with Crippen LogP contribution in [0.4, 0.5) is 0 Å². The van der Waals surface area contributed by atoms with Gasteiger partial charge in [-0.1, -0.05) is 26.7 Å². The van der Waals surface area contributed by atoms with Gasteiger partial charge in [-0.25, -0.2) is 4.99 Å². The number of aryl methyl sites for hydroxylation is 1. The highest BCUT2D eigenvalue weighted by Gasteiger charge is 2.24. The third-order valence-electron chi connectivity index (χ3n) is 6.86. The lowest BCUT2D eigenvalue weighted by atomic mass is 9.83. The van der Waals surface area contributed by atoms with Crippen molar-refractivity contribution in [2.75, 3.05) is 19.6 Å². The van der Waals surface area contributed by atoms with E-state index in [0.29, 0.717) is 18.6 Å². The van der Waals surface area contributed by atoms with Crippen molar-refractivity contribution in [3.8, 4) is 0 Å². The number of hydrogen-bond donors (Lipinski definition) is 2. The maximum Gasteiger partial charge on any atom is 0.191 e. The van der Waals surface area contributed by atoms with Gasteiger partial charge in [-0.3, -0.25) is 4.90 Å². The standard InChI is InChI=1S/C22H41N7/c1-5-8-18-10-12-19(13-11-18)25-22(23-15-20-9-7-14-29(20)6-2)24-16-21-27-26-17(3)28(21)4/h18-20H,5-16H2,1-4H3,(H2,23,24,25). The predicted octanol–water partition coefficient (Wildman–Crippen LogP) is 3.00. The molecule has 3 rings (SSSR count). The summed E-state index contributed by atoms with van der Waals surface area (Å²) < 4.78 is 2.02. The van der Waals surface area contributed by atoms with Gasteiger partial charge in [-0.2, -0.15) is 0 Å². The number of guanidine groups is 1. The van der Waals surface area contributed by atoms with Crippen LogP contribution in [0, 0.1) is 12.8 Å². The largest absolute Gasteiger partial charge is 0.355 e. The second kappa shape index (κ2) is 11.0. The Morgan fingerprint density at radius 3 is 2.59 bits per heavy atom. The van der Waals surface area contributed by atoms with E-state index in [0.717, 1.165) is 36.6 Å². The molecule has 29 heavy (non-hydrogen) atoms. The van der Waals surface area contributed by atoms with Crippen LogP contribution in [0.15, 0.2) is 4.99 Å². The molecule has 2 aliphatic rings. The molecule has 2 heterocycles. The maximum absolute atomic E-state index is 4.88. The molecule has 0 radical (unpaired) electrons. The Morgan fingerprint density at radius 1 is 1.14 bits per heavy atom. The zero-order valence-corrected chi connectivity index (χ0v) is 19.0. The zero-order chi connectivity index (χ0) is 20.6. The minimum atomic E-state index is 0.529. The van der Waals surface area contributed by atoms with Crippen LogP contribution in [0.5, 0.6) is 0 Å². The van der Waals surface area contributed by atoms with Crippen LogP contribution in [0.3, 0.4) is 0 Å². The van der Waals surface area contributed by atoms with E-state index in [1.54, 1.807) is 0 Å². The molecule has 1 aliphatic carbocycles. The van der Waals surface area contributed by atoms with Crippen molar-refractivity contribution in [2.24, 2.45) is 18.0 Å². The summed E-state index contributed by atoms with van der Waals surface area (Å²) in [7, 11) is 2.01. The number of rotatable bonds is 8. The van der Waals surface area contributed by atoms with Gasteiger partial charge in [0.15, 0.2) is 11.8 Å². The highest BCUT2D eigenvalue weighted by molar-refractivity contribution is 5.80. The van der Waals surface area contributed by atoms with Crippen molar-refractivity contribution in [1.29, 1.82) is 0 Å². The lowest BCUT2D eigenvalue weighted by molar-refractivity contribution is 0.265. The van der Waals surface area contributed by atoms with Gasteiger partial charge in [-0.05, 0) is 64.5 Å². The minimum Gasteiger partial charge on any atom is -0.355 e. The summed E-state index contributed by atoms with van der Waals surface area (Å²) in [4.78, 5) is 7.46. The number of likely N-dealkylation sites (N-methyl/N-ethyl adjacent to an activating group) is 1. The van der Waals surface area contributed by atoms with Gasteiger partial charge in [0.25, 0.3) is 0 Å². The summed E-state index contributed by atoms with van der Waals surface area (Å²) in [6.45, 7) is 10.4. The normalized spacial score (nSPS) is 26.1. The number of aliphatic imine (C=N–C) groups is 1. The average Bonchev–Trinajstić information content (AvgIpc) is 3.32.